The van der Waals surface area contributed by atoms with Crippen LogP contribution in [-0.4, -0.2) is 9.76 Å². The molecule has 0 radical (unpaired) electrons. The Balaban J connectivity index is 2.08. The molecule has 82 valence electrons. The molecular formula is C14H16OSi. The number of rotatable bonds is 3. The second kappa shape index (κ2) is 4.99. The summed E-state index contributed by atoms with van der Waals surface area (Å²) in [5.74, 6) is 0.982. The van der Waals surface area contributed by atoms with Gasteiger partial charge in [0.05, 0.1) is 0 Å². The van der Waals surface area contributed by atoms with Crippen LogP contribution in [0.1, 0.15) is 11.1 Å². The number of aryl methyl sites for hydroxylation is 1. The van der Waals surface area contributed by atoms with E-state index in [4.69, 9.17) is 4.43 Å². The Labute approximate surface area is 99.0 Å². The maximum Gasteiger partial charge on any atom is 0.251 e. The third kappa shape index (κ3) is 2.52. The van der Waals surface area contributed by atoms with Crippen molar-refractivity contribution in [1.82, 2.24) is 0 Å². The molecule has 0 N–H and O–H groups in total. The molecule has 0 unspecified atom stereocenters. The lowest BCUT2D eigenvalue weighted by atomic mass is 10.1. The normalized spacial score (nSPS) is 10.9. The lowest BCUT2D eigenvalue weighted by Crippen LogP contribution is -2.23. The summed E-state index contributed by atoms with van der Waals surface area (Å²) in [6.07, 6.45) is 0. The number of para-hydroxylation sites is 1. The summed E-state index contributed by atoms with van der Waals surface area (Å²) in [6, 6.07) is 16.5. The van der Waals surface area contributed by atoms with Crippen LogP contribution in [0.4, 0.5) is 0 Å². The predicted octanol–water partition coefficient (Wildman–Crippen LogP) is 2.09. The summed E-state index contributed by atoms with van der Waals surface area (Å²) >= 11 is 0. The van der Waals surface area contributed by atoms with Crippen LogP contribution in [0.2, 0.25) is 0 Å². The molecule has 0 fully saturated rings. The Morgan fingerprint density at radius 1 is 0.875 bits per heavy atom. The molecule has 0 aromatic heterocycles. The molecule has 0 heterocycles. The summed E-state index contributed by atoms with van der Waals surface area (Å²) in [5, 5.41) is 1.39. The molecule has 1 nitrogen and oxygen atoms in total. The molecular weight excluding hydrogens is 212 g/mol. The van der Waals surface area contributed by atoms with E-state index in [1.807, 2.05) is 30.3 Å². The second-order valence-corrected chi connectivity index (χ2v) is 5.30. The Morgan fingerprint density at radius 2 is 1.62 bits per heavy atom. The van der Waals surface area contributed by atoms with Gasteiger partial charge in [0.25, 0.3) is 9.76 Å². The van der Waals surface area contributed by atoms with Crippen molar-refractivity contribution >= 4 is 14.9 Å². The van der Waals surface area contributed by atoms with Crippen LogP contribution < -0.4 is 9.61 Å². The van der Waals surface area contributed by atoms with Crippen molar-refractivity contribution in [3.63, 3.8) is 0 Å². The van der Waals surface area contributed by atoms with Gasteiger partial charge in [-0.2, -0.15) is 0 Å². The minimum atomic E-state index is -0.660. The zero-order valence-corrected chi connectivity index (χ0v) is 11.1. The van der Waals surface area contributed by atoms with E-state index in [0.29, 0.717) is 0 Å². The molecule has 0 atom stereocenters. The van der Waals surface area contributed by atoms with Crippen molar-refractivity contribution in [2.75, 3.05) is 0 Å². The van der Waals surface area contributed by atoms with Crippen LogP contribution >= 0.6 is 0 Å². The van der Waals surface area contributed by atoms with Crippen molar-refractivity contribution in [1.29, 1.82) is 0 Å². The van der Waals surface area contributed by atoms with Crippen LogP contribution in [0.15, 0.2) is 48.5 Å². The van der Waals surface area contributed by atoms with E-state index in [1.165, 1.54) is 16.3 Å². The second-order valence-electron chi connectivity index (χ2n) is 3.96. The Hall–Kier alpha value is -1.54. The zero-order valence-electron chi connectivity index (χ0n) is 9.73. The first-order valence-corrected chi connectivity index (χ1v) is 6.79. The van der Waals surface area contributed by atoms with E-state index >= 15 is 0 Å². The molecule has 2 aromatic rings. The maximum absolute atomic E-state index is 5.87. The summed E-state index contributed by atoms with van der Waals surface area (Å²) in [7, 11) is -0.660. The van der Waals surface area contributed by atoms with Crippen molar-refractivity contribution in [2.24, 2.45) is 0 Å². The standard InChI is InChI=1S/C14H16OSi/c1-11-7-6-10-14(12(11)2)16-15-13-8-4-3-5-9-13/h3-10H,16H2,1-2H3. The number of hydrogen-bond donors (Lipinski definition) is 0. The maximum atomic E-state index is 5.87. The Bertz CT molecular complexity index is 465. The van der Waals surface area contributed by atoms with Crippen molar-refractivity contribution in [3.05, 3.63) is 59.7 Å². The van der Waals surface area contributed by atoms with Gasteiger partial charge in [0, 0.05) is 0 Å². The van der Waals surface area contributed by atoms with Gasteiger partial charge < -0.3 is 4.43 Å². The van der Waals surface area contributed by atoms with E-state index in [2.05, 4.69) is 32.0 Å². The van der Waals surface area contributed by atoms with E-state index in [0.717, 1.165) is 5.75 Å². The van der Waals surface area contributed by atoms with Gasteiger partial charge in [0.15, 0.2) is 0 Å². The minimum absolute atomic E-state index is 0.660. The monoisotopic (exact) mass is 228 g/mol. The molecule has 0 aliphatic heterocycles. The van der Waals surface area contributed by atoms with Crippen molar-refractivity contribution in [3.8, 4) is 5.75 Å². The molecule has 16 heavy (non-hydrogen) atoms. The Kier molecular flexibility index (Phi) is 3.42. The van der Waals surface area contributed by atoms with Gasteiger partial charge in [-0.25, -0.2) is 0 Å². The molecule has 0 saturated carbocycles. The van der Waals surface area contributed by atoms with Crippen LogP contribution in [0, 0.1) is 13.8 Å². The fourth-order valence-corrected chi connectivity index (χ4v) is 2.89. The van der Waals surface area contributed by atoms with Crippen molar-refractivity contribution in [2.45, 2.75) is 13.8 Å². The summed E-state index contributed by atoms with van der Waals surface area (Å²) in [4.78, 5) is 0. The van der Waals surface area contributed by atoms with Crippen LogP contribution in [0.3, 0.4) is 0 Å². The van der Waals surface area contributed by atoms with Gasteiger partial charge in [-0.1, -0.05) is 36.4 Å². The first kappa shape index (κ1) is 11.0. The zero-order chi connectivity index (χ0) is 11.4. The number of hydrogen-bond acceptors (Lipinski definition) is 1. The quantitative estimate of drug-likeness (QED) is 0.731. The SMILES string of the molecule is Cc1cccc([SiH2]Oc2ccccc2)c1C. The molecule has 0 saturated heterocycles. The first-order valence-electron chi connectivity index (χ1n) is 5.50. The van der Waals surface area contributed by atoms with E-state index in [-0.39, 0.29) is 0 Å². The lowest BCUT2D eigenvalue weighted by molar-refractivity contribution is 0.604. The molecule has 0 bridgehead atoms. The van der Waals surface area contributed by atoms with E-state index in [9.17, 15) is 0 Å². The van der Waals surface area contributed by atoms with Crippen molar-refractivity contribution < 1.29 is 4.43 Å². The van der Waals surface area contributed by atoms with Gasteiger partial charge in [0.1, 0.15) is 5.75 Å². The van der Waals surface area contributed by atoms with Gasteiger partial charge in [-0.05, 0) is 42.3 Å². The molecule has 0 amide bonds. The molecule has 0 spiro atoms. The van der Waals surface area contributed by atoms with E-state index in [1.54, 1.807) is 0 Å². The molecule has 2 rings (SSSR count). The molecule has 2 aromatic carbocycles. The third-order valence-corrected chi connectivity index (χ3v) is 4.41. The molecule has 2 heteroatoms. The fourth-order valence-electron chi connectivity index (χ4n) is 1.65. The highest BCUT2D eigenvalue weighted by atomic mass is 28.2. The summed E-state index contributed by atoms with van der Waals surface area (Å²) in [6.45, 7) is 4.32. The fraction of sp³-hybridized carbons (Fsp3) is 0.143. The number of benzene rings is 2. The van der Waals surface area contributed by atoms with Gasteiger partial charge in [-0.15, -0.1) is 0 Å². The average Bonchev–Trinajstić information content (AvgIpc) is 2.32. The summed E-state index contributed by atoms with van der Waals surface area (Å²) in [5.41, 5.74) is 2.73. The predicted molar refractivity (Wildman–Crippen MR) is 71.2 cm³/mol. The van der Waals surface area contributed by atoms with Gasteiger partial charge >= 0.3 is 0 Å². The topological polar surface area (TPSA) is 9.23 Å². The molecule has 0 aliphatic carbocycles. The first-order chi connectivity index (χ1) is 7.77. The highest BCUT2D eigenvalue weighted by molar-refractivity contribution is 6.48. The smallest absolute Gasteiger partial charge is 0.251 e. The third-order valence-electron chi connectivity index (χ3n) is 2.85. The van der Waals surface area contributed by atoms with Gasteiger partial charge in [0.2, 0.25) is 0 Å². The highest BCUT2D eigenvalue weighted by Gasteiger charge is 2.02. The minimum Gasteiger partial charge on any atom is -0.545 e. The highest BCUT2D eigenvalue weighted by Crippen LogP contribution is 2.08. The average molecular weight is 228 g/mol. The lowest BCUT2D eigenvalue weighted by Gasteiger charge is -2.09. The largest absolute Gasteiger partial charge is 0.545 e. The van der Waals surface area contributed by atoms with Gasteiger partial charge in [-0.3, -0.25) is 0 Å². The van der Waals surface area contributed by atoms with E-state index < -0.39 is 9.76 Å². The summed E-state index contributed by atoms with van der Waals surface area (Å²) < 4.78 is 5.87. The van der Waals surface area contributed by atoms with Crippen LogP contribution in [0.5, 0.6) is 5.75 Å². The molecule has 0 aliphatic rings. The van der Waals surface area contributed by atoms with Crippen LogP contribution in [0.25, 0.3) is 0 Å². The Morgan fingerprint density at radius 3 is 2.38 bits per heavy atom. The van der Waals surface area contributed by atoms with Crippen LogP contribution in [-0.2, 0) is 0 Å².